The standard InChI is InChI=1S/C18H11ClFN7/c19-17-14(10-22-27(17)16-4-2-1-3-15(16)20)18-23-24-25-26(18)11-13-7-5-12(9-21)6-8-13/h1-8,10H,11H2. The summed E-state index contributed by atoms with van der Waals surface area (Å²) in [6, 6.07) is 15.4. The van der Waals surface area contributed by atoms with E-state index in [-0.39, 0.29) is 10.8 Å². The Kier molecular flexibility index (Phi) is 4.36. The third-order valence-corrected chi connectivity index (χ3v) is 4.34. The van der Waals surface area contributed by atoms with Gasteiger partial charge in [-0.05, 0) is 40.3 Å². The summed E-state index contributed by atoms with van der Waals surface area (Å²) >= 11 is 6.43. The SMILES string of the molecule is N#Cc1ccc(Cn2nnnc2-c2cnn(-c3ccccc3F)c2Cl)cc1. The number of halogens is 2. The molecule has 7 nitrogen and oxygen atoms in total. The van der Waals surface area contributed by atoms with E-state index in [9.17, 15) is 4.39 Å². The van der Waals surface area contributed by atoms with E-state index < -0.39 is 5.82 Å². The predicted octanol–water partition coefficient (Wildman–Crippen LogP) is 3.24. The predicted molar refractivity (Wildman–Crippen MR) is 95.6 cm³/mol. The average Bonchev–Trinajstić information content (AvgIpc) is 3.29. The monoisotopic (exact) mass is 379 g/mol. The molecule has 9 heteroatoms. The second kappa shape index (κ2) is 6.97. The zero-order valence-electron chi connectivity index (χ0n) is 13.8. The molecule has 0 unspecified atom stereocenters. The number of aromatic nitrogens is 6. The molecular weight excluding hydrogens is 369 g/mol. The molecule has 0 bridgehead atoms. The Labute approximate surface area is 158 Å². The van der Waals surface area contributed by atoms with E-state index in [1.165, 1.54) is 16.9 Å². The third-order valence-electron chi connectivity index (χ3n) is 3.98. The minimum Gasteiger partial charge on any atom is -0.221 e. The summed E-state index contributed by atoms with van der Waals surface area (Å²) in [6.07, 6.45) is 1.50. The van der Waals surface area contributed by atoms with Crippen molar-refractivity contribution in [3.05, 3.63) is 76.8 Å². The Bertz CT molecular complexity index is 1140. The van der Waals surface area contributed by atoms with Crippen molar-refractivity contribution >= 4 is 11.6 Å². The number of hydrogen-bond donors (Lipinski definition) is 0. The normalized spacial score (nSPS) is 10.7. The zero-order chi connectivity index (χ0) is 18.8. The molecule has 0 fully saturated rings. The lowest BCUT2D eigenvalue weighted by Gasteiger charge is -2.06. The van der Waals surface area contributed by atoms with Crippen LogP contribution in [0.25, 0.3) is 17.1 Å². The number of nitrogens with zero attached hydrogens (tertiary/aromatic N) is 7. The van der Waals surface area contributed by atoms with Gasteiger partial charge < -0.3 is 0 Å². The minimum absolute atomic E-state index is 0.205. The molecule has 0 saturated carbocycles. The van der Waals surface area contributed by atoms with Gasteiger partial charge in [-0.25, -0.2) is 13.8 Å². The van der Waals surface area contributed by atoms with Gasteiger partial charge >= 0.3 is 0 Å². The van der Waals surface area contributed by atoms with Crippen LogP contribution in [0.2, 0.25) is 5.15 Å². The highest BCUT2D eigenvalue weighted by Gasteiger charge is 2.19. The van der Waals surface area contributed by atoms with Gasteiger partial charge in [0.25, 0.3) is 0 Å². The Balaban J connectivity index is 1.69. The van der Waals surface area contributed by atoms with Gasteiger partial charge in [0.1, 0.15) is 16.7 Å². The van der Waals surface area contributed by atoms with E-state index in [0.29, 0.717) is 23.5 Å². The van der Waals surface area contributed by atoms with Crippen LogP contribution in [0.5, 0.6) is 0 Å². The molecule has 0 aliphatic heterocycles. The molecule has 0 saturated heterocycles. The third kappa shape index (κ3) is 3.16. The molecule has 4 rings (SSSR count). The van der Waals surface area contributed by atoms with Crippen LogP contribution in [0.3, 0.4) is 0 Å². The van der Waals surface area contributed by atoms with Gasteiger partial charge in [-0.1, -0.05) is 35.9 Å². The number of nitriles is 1. The second-order valence-corrected chi connectivity index (χ2v) is 6.04. The number of benzene rings is 2. The Morgan fingerprint density at radius 2 is 1.89 bits per heavy atom. The lowest BCUT2D eigenvalue weighted by Crippen LogP contribution is -2.05. The van der Waals surface area contributed by atoms with Crippen LogP contribution < -0.4 is 0 Å². The molecule has 0 atom stereocenters. The quantitative estimate of drug-likeness (QED) is 0.543. The molecule has 2 aromatic heterocycles. The van der Waals surface area contributed by atoms with E-state index >= 15 is 0 Å². The molecular formula is C18H11ClFN7. The fourth-order valence-corrected chi connectivity index (χ4v) is 2.90. The highest BCUT2D eigenvalue weighted by Crippen LogP contribution is 2.29. The first-order valence-corrected chi connectivity index (χ1v) is 8.29. The van der Waals surface area contributed by atoms with Crippen molar-refractivity contribution in [2.45, 2.75) is 6.54 Å². The van der Waals surface area contributed by atoms with E-state index in [1.807, 2.05) is 12.1 Å². The maximum Gasteiger partial charge on any atom is 0.187 e. The fourth-order valence-electron chi connectivity index (χ4n) is 2.64. The van der Waals surface area contributed by atoms with Crippen LogP contribution in [0.1, 0.15) is 11.1 Å². The molecule has 2 aromatic carbocycles. The topological polar surface area (TPSA) is 85.2 Å². The molecule has 0 spiro atoms. The average molecular weight is 380 g/mol. The summed E-state index contributed by atoms with van der Waals surface area (Å²) in [7, 11) is 0. The van der Waals surface area contributed by atoms with Gasteiger partial charge in [0.05, 0.1) is 29.9 Å². The summed E-state index contributed by atoms with van der Waals surface area (Å²) in [5, 5.41) is 25.0. The first-order valence-electron chi connectivity index (χ1n) is 7.91. The molecule has 0 radical (unpaired) electrons. The highest BCUT2D eigenvalue weighted by atomic mass is 35.5. The first kappa shape index (κ1) is 16.9. The van der Waals surface area contributed by atoms with Gasteiger partial charge in [0.15, 0.2) is 5.82 Å². The molecule has 0 aliphatic rings. The number of rotatable bonds is 4. The largest absolute Gasteiger partial charge is 0.221 e. The molecule has 0 N–H and O–H groups in total. The van der Waals surface area contributed by atoms with Gasteiger partial charge in [0, 0.05) is 0 Å². The van der Waals surface area contributed by atoms with Crippen LogP contribution in [-0.4, -0.2) is 30.0 Å². The summed E-state index contributed by atoms with van der Waals surface area (Å²) < 4.78 is 16.9. The number of para-hydroxylation sites is 1. The Morgan fingerprint density at radius 3 is 2.63 bits per heavy atom. The van der Waals surface area contributed by atoms with Crippen molar-refractivity contribution in [1.82, 2.24) is 30.0 Å². The lowest BCUT2D eigenvalue weighted by atomic mass is 10.1. The summed E-state index contributed by atoms with van der Waals surface area (Å²) in [6.45, 7) is 0.384. The number of tetrazole rings is 1. The van der Waals surface area contributed by atoms with E-state index in [1.54, 1.807) is 35.0 Å². The highest BCUT2D eigenvalue weighted by molar-refractivity contribution is 6.32. The molecule has 2 heterocycles. The fraction of sp³-hybridized carbons (Fsp3) is 0.0556. The Morgan fingerprint density at radius 1 is 1.11 bits per heavy atom. The molecule has 0 amide bonds. The van der Waals surface area contributed by atoms with Crippen molar-refractivity contribution in [3.63, 3.8) is 0 Å². The Hall–Kier alpha value is -3.57. The van der Waals surface area contributed by atoms with Crippen molar-refractivity contribution in [2.75, 3.05) is 0 Å². The molecule has 4 aromatic rings. The van der Waals surface area contributed by atoms with Crippen LogP contribution in [-0.2, 0) is 6.54 Å². The van der Waals surface area contributed by atoms with Gasteiger partial charge in [-0.2, -0.15) is 10.4 Å². The smallest absolute Gasteiger partial charge is 0.187 e. The van der Waals surface area contributed by atoms with Crippen LogP contribution in [0, 0.1) is 17.1 Å². The molecule has 132 valence electrons. The molecule has 27 heavy (non-hydrogen) atoms. The maximum absolute atomic E-state index is 14.0. The van der Waals surface area contributed by atoms with Gasteiger partial charge in [-0.15, -0.1) is 5.10 Å². The lowest BCUT2D eigenvalue weighted by molar-refractivity contribution is 0.611. The first-order chi connectivity index (χ1) is 13.2. The van der Waals surface area contributed by atoms with E-state index in [4.69, 9.17) is 16.9 Å². The van der Waals surface area contributed by atoms with Crippen molar-refractivity contribution in [2.24, 2.45) is 0 Å². The van der Waals surface area contributed by atoms with Crippen LogP contribution >= 0.6 is 11.6 Å². The minimum atomic E-state index is -0.439. The van der Waals surface area contributed by atoms with Crippen LogP contribution in [0.15, 0.2) is 54.7 Å². The summed E-state index contributed by atoms with van der Waals surface area (Å²) in [5.74, 6) is -0.0295. The molecule has 0 aliphatic carbocycles. The number of hydrogen-bond acceptors (Lipinski definition) is 5. The summed E-state index contributed by atoms with van der Waals surface area (Å²) in [5.41, 5.74) is 2.21. The van der Waals surface area contributed by atoms with E-state index in [2.05, 4.69) is 26.7 Å². The van der Waals surface area contributed by atoms with Crippen LogP contribution in [0.4, 0.5) is 4.39 Å². The maximum atomic E-state index is 14.0. The van der Waals surface area contributed by atoms with Crippen molar-refractivity contribution in [3.8, 4) is 23.1 Å². The van der Waals surface area contributed by atoms with Crippen molar-refractivity contribution < 1.29 is 4.39 Å². The van der Waals surface area contributed by atoms with E-state index in [0.717, 1.165) is 5.56 Å². The zero-order valence-corrected chi connectivity index (χ0v) is 14.5. The second-order valence-electron chi connectivity index (χ2n) is 5.68. The van der Waals surface area contributed by atoms with Gasteiger partial charge in [-0.3, -0.25) is 0 Å². The summed E-state index contributed by atoms with van der Waals surface area (Å²) in [4.78, 5) is 0. The van der Waals surface area contributed by atoms with Crippen molar-refractivity contribution in [1.29, 1.82) is 5.26 Å². The van der Waals surface area contributed by atoms with Gasteiger partial charge in [0.2, 0.25) is 0 Å².